The minimum Gasteiger partial charge on any atom is -0.462 e. The number of esters is 1. The third-order valence-electron chi connectivity index (χ3n) is 3.80. The predicted molar refractivity (Wildman–Crippen MR) is 97.6 cm³/mol. The molecule has 128 valence electrons. The van der Waals surface area contributed by atoms with Crippen LogP contribution in [-0.4, -0.2) is 18.5 Å². The molecule has 5 heteroatoms. The van der Waals surface area contributed by atoms with Crippen LogP contribution in [0.25, 0.3) is 0 Å². The molecule has 0 aliphatic rings. The molecular formula is C19H23NO3S. The third-order valence-corrected chi connectivity index (χ3v) is 4.85. The summed E-state index contributed by atoms with van der Waals surface area (Å²) in [5, 5.41) is 3.46. The van der Waals surface area contributed by atoms with E-state index in [0.717, 1.165) is 23.3 Å². The van der Waals surface area contributed by atoms with E-state index in [0.29, 0.717) is 17.2 Å². The quantitative estimate of drug-likeness (QED) is 0.752. The van der Waals surface area contributed by atoms with E-state index >= 15 is 0 Å². The lowest BCUT2D eigenvalue weighted by molar-refractivity contribution is -0.119. The number of amides is 1. The number of rotatable bonds is 7. The van der Waals surface area contributed by atoms with Crippen molar-refractivity contribution in [3.8, 4) is 0 Å². The second-order valence-corrected chi connectivity index (χ2v) is 6.77. The molecule has 0 saturated carbocycles. The molecule has 0 spiro atoms. The number of anilines is 1. The molecule has 0 aliphatic carbocycles. The molecule has 1 atom stereocenters. The van der Waals surface area contributed by atoms with Gasteiger partial charge in [0.05, 0.1) is 12.2 Å². The molecule has 0 unspecified atom stereocenters. The van der Waals surface area contributed by atoms with Crippen molar-refractivity contribution in [1.82, 2.24) is 0 Å². The van der Waals surface area contributed by atoms with Crippen LogP contribution in [0.3, 0.4) is 0 Å². The van der Waals surface area contributed by atoms with Crippen LogP contribution < -0.4 is 5.32 Å². The number of carbonyl (C=O) groups is 2. The van der Waals surface area contributed by atoms with Gasteiger partial charge in [0.2, 0.25) is 5.91 Å². The molecule has 0 aliphatic heterocycles. The summed E-state index contributed by atoms with van der Waals surface area (Å²) in [5.41, 5.74) is 1.60. The highest BCUT2D eigenvalue weighted by atomic mass is 32.1. The molecule has 0 fully saturated rings. The summed E-state index contributed by atoms with van der Waals surface area (Å²) in [6, 6.07) is 11.9. The van der Waals surface area contributed by atoms with E-state index in [9.17, 15) is 9.59 Å². The summed E-state index contributed by atoms with van der Waals surface area (Å²) < 4.78 is 5.12. The molecule has 2 aromatic rings. The van der Waals surface area contributed by atoms with Gasteiger partial charge in [-0.3, -0.25) is 4.79 Å². The van der Waals surface area contributed by atoms with Gasteiger partial charge in [-0.2, -0.15) is 0 Å². The summed E-state index contributed by atoms with van der Waals surface area (Å²) in [6.45, 7) is 5.91. The van der Waals surface area contributed by atoms with Gasteiger partial charge in [-0.25, -0.2) is 4.79 Å². The van der Waals surface area contributed by atoms with Gasteiger partial charge in [0.1, 0.15) is 5.00 Å². The maximum absolute atomic E-state index is 12.2. The zero-order valence-corrected chi connectivity index (χ0v) is 15.1. The first-order chi connectivity index (χ1) is 11.5. The Balaban J connectivity index is 2.26. The van der Waals surface area contributed by atoms with Crippen molar-refractivity contribution in [2.75, 3.05) is 11.9 Å². The van der Waals surface area contributed by atoms with E-state index in [-0.39, 0.29) is 11.8 Å². The Hall–Kier alpha value is -2.14. The highest BCUT2D eigenvalue weighted by Crippen LogP contribution is 2.31. The van der Waals surface area contributed by atoms with Gasteiger partial charge in [-0.05, 0) is 25.0 Å². The summed E-state index contributed by atoms with van der Waals surface area (Å²) >= 11 is 1.43. The number of hydrogen-bond acceptors (Lipinski definition) is 4. The number of thiophene rings is 1. The van der Waals surface area contributed by atoms with Gasteiger partial charge >= 0.3 is 5.97 Å². The van der Waals surface area contributed by atoms with Gasteiger partial charge in [0.15, 0.2) is 0 Å². The highest BCUT2D eigenvalue weighted by Gasteiger charge is 2.20. The molecule has 1 amide bonds. The second-order valence-electron chi connectivity index (χ2n) is 5.64. The molecule has 1 N–H and O–H groups in total. The minimum absolute atomic E-state index is 0.0730. The average molecular weight is 345 g/mol. The summed E-state index contributed by atoms with van der Waals surface area (Å²) in [6.07, 6.45) is 1.47. The predicted octanol–water partition coefficient (Wildman–Crippen LogP) is 4.50. The van der Waals surface area contributed by atoms with Crippen molar-refractivity contribution in [2.45, 2.75) is 33.6 Å². The second kappa shape index (κ2) is 8.64. The van der Waals surface area contributed by atoms with Crippen molar-refractivity contribution in [2.24, 2.45) is 5.92 Å². The van der Waals surface area contributed by atoms with Crippen molar-refractivity contribution in [3.05, 3.63) is 52.4 Å². The van der Waals surface area contributed by atoms with Gasteiger partial charge in [0, 0.05) is 17.2 Å². The Morgan fingerprint density at radius 2 is 1.92 bits per heavy atom. The Bertz CT molecular complexity index is 694. The molecule has 1 aromatic carbocycles. The SMILES string of the molecule is CCOC(=O)c1cc(Cc2ccccc2)sc1NC(=O)[C@H](C)CC. The van der Waals surface area contributed by atoms with Crippen LogP contribution in [0, 0.1) is 5.92 Å². The fourth-order valence-corrected chi connectivity index (χ4v) is 3.28. The van der Waals surface area contributed by atoms with Crippen LogP contribution in [0.2, 0.25) is 0 Å². The van der Waals surface area contributed by atoms with E-state index in [2.05, 4.69) is 5.32 Å². The molecule has 24 heavy (non-hydrogen) atoms. The van der Waals surface area contributed by atoms with E-state index in [1.807, 2.05) is 50.2 Å². The number of carbonyl (C=O) groups excluding carboxylic acids is 2. The number of nitrogens with one attached hydrogen (secondary N) is 1. The molecule has 4 nitrogen and oxygen atoms in total. The Kier molecular flexibility index (Phi) is 6.55. The number of ether oxygens (including phenoxy) is 1. The van der Waals surface area contributed by atoms with Crippen molar-refractivity contribution in [1.29, 1.82) is 0 Å². The fourth-order valence-electron chi connectivity index (χ4n) is 2.20. The van der Waals surface area contributed by atoms with E-state index < -0.39 is 5.97 Å². The van der Waals surface area contributed by atoms with Crippen LogP contribution >= 0.6 is 11.3 Å². The first-order valence-corrected chi connectivity index (χ1v) is 9.01. The molecule has 0 radical (unpaired) electrons. The van der Waals surface area contributed by atoms with Crippen molar-refractivity contribution >= 4 is 28.2 Å². The molecular weight excluding hydrogens is 322 g/mol. The summed E-state index contributed by atoms with van der Waals surface area (Å²) in [7, 11) is 0. The van der Waals surface area contributed by atoms with Crippen molar-refractivity contribution < 1.29 is 14.3 Å². The van der Waals surface area contributed by atoms with Crippen LogP contribution in [0.15, 0.2) is 36.4 Å². The number of benzene rings is 1. The van der Waals surface area contributed by atoms with Gasteiger partial charge in [0.25, 0.3) is 0 Å². The minimum atomic E-state index is -0.396. The Labute approximate surface area is 146 Å². The lowest BCUT2D eigenvalue weighted by Gasteiger charge is -2.09. The summed E-state index contributed by atoms with van der Waals surface area (Å²) in [5.74, 6) is -0.566. The normalized spacial score (nSPS) is 11.8. The molecule has 0 saturated heterocycles. The van der Waals surface area contributed by atoms with Crippen LogP contribution in [0.5, 0.6) is 0 Å². The van der Waals surface area contributed by atoms with Crippen LogP contribution in [0.1, 0.15) is 48.0 Å². The lowest BCUT2D eigenvalue weighted by atomic mass is 10.1. The number of hydrogen-bond donors (Lipinski definition) is 1. The molecule has 1 heterocycles. The van der Waals surface area contributed by atoms with Crippen molar-refractivity contribution in [3.63, 3.8) is 0 Å². The smallest absolute Gasteiger partial charge is 0.341 e. The lowest BCUT2D eigenvalue weighted by Crippen LogP contribution is -2.20. The Morgan fingerprint density at radius 1 is 1.21 bits per heavy atom. The highest BCUT2D eigenvalue weighted by molar-refractivity contribution is 7.16. The van der Waals surface area contributed by atoms with E-state index in [1.165, 1.54) is 11.3 Å². The average Bonchev–Trinajstić information content (AvgIpc) is 2.97. The van der Waals surface area contributed by atoms with Gasteiger partial charge in [-0.15, -0.1) is 11.3 Å². The first-order valence-electron chi connectivity index (χ1n) is 8.19. The van der Waals surface area contributed by atoms with E-state index in [1.54, 1.807) is 6.92 Å². The summed E-state index contributed by atoms with van der Waals surface area (Å²) in [4.78, 5) is 25.4. The topological polar surface area (TPSA) is 55.4 Å². The largest absolute Gasteiger partial charge is 0.462 e. The maximum atomic E-state index is 12.2. The fraction of sp³-hybridized carbons (Fsp3) is 0.368. The zero-order chi connectivity index (χ0) is 17.5. The maximum Gasteiger partial charge on any atom is 0.341 e. The van der Waals surface area contributed by atoms with Crippen LogP contribution in [0.4, 0.5) is 5.00 Å². The standard InChI is InChI=1S/C19H23NO3S/c1-4-13(3)17(21)20-18-16(19(22)23-5-2)12-15(24-18)11-14-9-7-6-8-10-14/h6-10,12-13H,4-5,11H2,1-3H3,(H,20,21)/t13-/m1/s1. The zero-order valence-electron chi connectivity index (χ0n) is 14.3. The van der Waals surface area contributed by atoms with Gasteiger partial charge < -0.3 is 10.1 Å². The Morgan fingerprint density at radius 3 is 2.54 bits per heavy atom. The van der Waals surface area contributed by atoms with E-state index in [4.69, 9.17) is 4.74 Å². The third kappa shape index (κ3) is 4.68. The van der Waals surface area contributed by atoms with Crippen LogP contribution in [-0.2, 0) is 16.0 Å². The van der Waals surface area contributed by atoms with Gasteiger partial charge in [-0.1, -0.05) is 44.2 Å². The first kappa shape index (κ1) is 18.2. The molecule has 0 bridgehead atoms. The monoisotopic (exact) mass is 345 g/mol. The molecule has 1 aromatic heterocycles. The molecule has 2 rings (SSSR count).